The number of carbonyl (C=O) groups excluding carboxylic acids is 1. The molecule has 0 bridgehead atoms. The Balaban J connectivity index is 1.67. The second-order valence-corrected chi connectivity index (χ2v) is 4.85. The van der Waals surface area contributed by atoms with Crippen molar-refractivity contribution in [3.8, 4) is 0 Å². The van der Waals surface area contributed by atoms with Crippen molar-refractivity contribution in [3.05, 3.63) is 66.0 Å². The molecule has 0 aliphatic rings. The van der Waals surface area contributed by atoms with E-state index in [2.05, 4.69) is 15.5 Å². The zero-order chi connectivity index (χ0) is 15.5. The minimum absolute atomic E-state index is 0.249. The molecule has 22 heavy (non-hydrogen) atoms. The molecule has 2 heterocycles. The number of nitrogens with zero attached hydrogens (tertiary/aromatic N) is 4. The SMILES string of the molecule is Cn1nccc1C(=O)Nc1cnn(Cc2ccc(F)cc2)c1. The highest BCUT2D eigenvalue weighted by Gasteiger charge is 2.11. The Kier molecular flexibility index (Phi) is 3.69. The number of hydrogen-bond donors (Lipinski definition) is 1. The third-order valence-corrected chi connectivity index (χ3v) is 3.20. The molecule has 0 unspecified atom stereocenters. The van der Waals surface area contributed by atoms with Crippen LogP contribution in [-0.4, -0.2) is 25.5 Å². The fourth-order valence-corrected chi connectivity index (χ4v) is 2.08. The zero-order valence-corrected chi connectivity index (χ0v) is 11.9. The molecule has 0 saturated heterocycles. The lowest BCUT2D eigenvalue weighted by atomic mass is 10.2. The van der Waals surface area contributed by atoms with Gasteiger partial charge in [0.05, 0.1) is 18.4 Å². The first kappa shape index (κ1) is 14.0. The third kappa shape index (κ3) is 3.03. The molecular weight excluding hydrogens is 285 g/mol. The summed E-state index contributed by atoms with van der Waals surface area (Å²) in [4.78, 5) is 12.1. The van der Waals surface area contributed by atoms with Crippen LogP contribution in [0.5, 0.6) is 0 Å². The van der Waals surface area contributed by atoms with Crippen molar-refractivity contribution in [2.75, 3.05) is 5.32 Å². The Morgan fingerprint density at radius 3 is 2.68 bits per heavy atom. The number of halogens is 1. The van der Waals surface area contributed by atoms with Gasteiger partial charge >= 0.3 is 0 Å². The van der Waals surface area contributed by atoms with E-state index in [1.807, 2.05) is 0 Å². The number of hydrogen-bond acceptors (Lipinski definition) is 3. The van der Waals surface area contributed by atoms with Crippen LogP contribution in [0.2, 0.25) is 0 Å². The van der Waals surface area contributed by atoms with E-state index in [1.54, 1.807) is 48.5 Å². The monoisotopic (exact) mass is 299 g/mol. The fourth-order valence-electron chi connectivity index (χ4n) is 2.08. The number of rotatable bonds is 4. The molecule has 0 radical (unpaired) electrons. The lowest BCUT2D eigenvalue weighted by Gasteiger charge is -2.03. The Hall–Kier alpha value is -2.96. The van der Waals surface area contributed by atoms with Gasteiger partial charge in [-0.3, -0.25) is 14.2 Å². The maximum absolute atomic E-state index is 12.9. The molecule has 1 aromatic carbocycles. The number of amides is 1. The molecule has 1 N–H and O–H groups in total. The van der Waals surface area contributed by atoms with E-state index in [0.29, 0.717) is 17.9 Å². The van der Waals surface area contributed by atoms with Gasteiger partial charge in [-0.1, -0.05) is 12.1 Å². The van der Waals surface area contributed by atoms with E-state index in [0.717, 1.165) is 5.56 Å². The van der Waals surface area contributed by atoms with Crippen LogP contribution in [0.4, 0.5) is 10.1 Å². The molecule has 0 atom stereocenters. The van der Waals surface area contributed by atoms with Gasteiger partial charge in [0.1, 0.15) is 11.5 Å². The Morgan fingerprint density at radius 2 is 2.00 bits per heavy atom. The van der Waals surface area contributed by atoms with Gasteiger partial charge in [0.15, 0.2) is 0 Å². The van der Waals surface area contributed by atoms with Crippen LogP contribution in [0.3, 0.4) is 0 Å². The normalized spacial score (nSPS) is 10.6. The molecule has 0 spiro atoms. The maximum atomic E-state index is 12.9. The highest BCUT2D eigenvalue weighted by atomic mass is 19.1. The molecule has 0 fully saturated rings. The smallest absolute Gasteiger partial charge is 0.274 e. The topological polar surface area (TPSA) is 64.7 Å². The van der Waals surface area contributed by atoms with E-state index < -0.39 is 0 Å². The largest absolute Gasteiger partial charge is 0.318 e. The molecule has 3 rings (SSSR count). The van der Waals surface area contributed by atoms with Crippen molar-refractivity contribution in [2.45, 2.75) is 6.54 Å². The first-order valence-corrected chi connectivity index (χ1v) is 6.68. The van der Waals surface area contributed by atoms with Gasteiger partial charge in [-0.2, -0.15) is 10.2 Å². The molecule has 3 aromatic rings. The minimum Gasteiger partial charge on any atom is -0.318 e. The average molecular weight is 299 g/mol. The summed E-state index contributed by atoms with van der Waals surface area (Å²) in [6.45, 7) is 0.502. The number of anilines is 1. The molecule has 7 heteroatoms. The first-order chi connectivity index (χ1) is 10.6. The van der Waals surface area contributed by atoms with Crippen LogP contribution < -0.4 is 5.32 Å². The predicted octanol–water partition coefficient (Wildman–Crippen LogP) is 2.06. The molecule has 2 aromatic heterocycles. The highest BCUT2D eigenvalue weighted by molar-refractivity contribution is 6.02. The second kappa shape index (κ2) is 5.80. The van der Waals surface area contributed by atoms with E-state index in [-0.39, 0.29) is 11.7 Å². The standard InChI is InChI=1S/C15H14FN5O/c1-20-14(6-7-17-20)15(22)19-13-8-18-21(10-13)9-11-2-4-12(16)5-3-11/h2-8,10H,9H2,1H3,(H,19,22). The summed E-state index contributed by atoms with van der Waals surface area (Å²) in [5.74, 6) is -0.519. The van der Waals surface area contributed by atoms with Crippen LogP contribution in [0.1, 0.15) is 16.1 Å². The number of aromatic nitrogens is 4. The number of carbonyl (C=O) groups is 1. The van der Waals surface area contributed by atoms with Crippen molar-refractivity contribution in [2.24, 2.45) is 7.05 Å². The summed E-state index contributed by atoms with van der Waals surface area (Å²) in [5, 5.41) is 10.9. The molecule has 1 amide bonds. The highest BCUT2D eigenvalue weighted by Crippen LogP contribution is 2.10. The third-order valence-electron chi connectivity index (χ3n) is 3.20. The first-order valence-electron chi connectivity index (χ1n) is 6.68. The van der Waals surface area contributed by atoms with Crippen LogP contribution in [0.15, 0.2) is 48.9 Å². The molecule has 0 saturated carbocycles. The van der Waals surface area contributed by atoms with E-state index in [9.17, 15) is 9.18 Å². The van der Waals surface area contributed by atoms with Crippen LogP contribution in [-0.2, 0) is 13.6 Å². The summed E-state index contributed by atoms with van der Waals surface area (Å²) in [6, 6.07) is 7.85. The Morgan fingerprint density at radius 1 is 1.23 bits per heavy atom. The van der Waals surface area contributed by atoms with Gasteiger partial charge in [-0.25, -0.2) is 4.39 Å². The summed E-state index contributed by atoms with van der Waals surface area (Å²) in [6.07, 6.45) is 4.85. The van der Waals surface area contributed by atoms with Crippen molar-refractivity contribution < 1.29 is 9.18 Å². The maximum Gasteiger partial charge on any atom is 0.274 e. The molecule has 0 aliphatic carbocycles. The Labute approximate surface area is 126 Å². The van der Waals surface area contributed by atoms with Crippen molar-refractivity contribution in [1.29, 1.82) is 0 Å². The predicted molar refractivity (Wildman–Crippen MR) is 78.9 cm³/mol. The Bertz CT molecular complexity index is 790. The van der Waals surface area contributed by atoms with Gasteiger partial charge in [-0.05, 0) is 23.8 Å². The summed E-state index contributed by atoms with van der Waals surface area (Å²) < 4.78 is 16.0. The molecule has 0 aliphatic heterocycles. The quantitative estimate of drug-likeness (QED) is 0.802. The van der Waals surface area contributed by atoms with Crippen molar-refractivity contribution in [1.82, 2.24) is 19.6 Å². The van der Waals surface area contributed by atoms with E-state index in [4.69, 9.17) is 0 Å². The molecule has 6 nitrogen and oxygen atoms in total. The summed E-state index contributed by atoms with van der Waals surface area (Å²) >= 11 is 0. The summed E-state index contributed by atoms with van der Waals surface area (Å²) in [5.41, 5.74) is 1.98. The minimum atomic E-state index is -0.270. The van der Waals surface area contributed by atoms with Crippen molar-refractivity contribution in [3.63, 3.8) is 0 Å². The van der Waals surface area contributed by atoms with Gasteiger partial charge in [0, 0.05) is 19.4 Å². The number of nitrogens with one attached hydrogen (secondary N) is 1. The van der Waals surface area contributed by atoms with Crippen molar-refractivity contribution >= 4 is 11.6 Å². The second-order valence-electron chi connectivity index (χ2n) is 4.85. The van der Waals surface area contributed by atoms with Gasteiger partial charge in [-0.15, -0.1) is 0 Å². The van der Waals surface area contributed by atoms with Crippen LogP contribution >= 0.6 is 0 Å². The fraction of sp³-hybridized carbons (Fsp3) is 0.133. The molecule has 112 valence electrons. The van der Waals surface area contributed by atoms with Gasteiger partial charge in [0.2, 0.25) is 0 Å². The zero-order valence-electron chi connectivity index (χ0n) is 11.9. The van der Waals surface area contributed by atoms with E-state index >= 15 is 0 Å². The lowest BCUT2D eigenvalue weighted by molar-refractivity contribution is 0.101. The number of benzene rings is 1. The van der Waals surface area contributed by atoms with Gasteiger partial charge in [0.25, 0.3) is 5.91 Å². The molecular formula is C15H14FN5O. The van der Waals surface area contributed by atoms with Gasteiger partial charge < -0.3 is 5.32 Å². The summed E-state index contributed by atoms with van der Waals surface area (Å²) in [7, 11) is 1.70. The lowest BCUT2D eigenvalue weighted by Crippen LogP contribution is -2.15. The van der Waals surface area contributed by atoms with E-state index in [1.165, 1.54) is 16.8 Å². The van der Waals surface area contributed by atoms with Crippen LogP contribution in [0.25, 0.3) is 0 Å². The number of aryl methyl sites for hydroxylation is 1. The average Bonchev–Trinajstić information content (AvgIpc) is 3.10. The van der Waals surface area contributed by atoms with Crippen LogP contribution in [0, 0.1) is 5.82 Å².